The van der Waals surface area contributed by atoms with Gasteiger partial charge in [0.15, 0.2) is 0 Å². The van der Waals surface area contributed by atoms with E-state index in [0.29, 0.717) is 12.8 Å². The molecule has 0 spiro atoms. The van der Waals surface area contributed by atoms with Gasteiger partial charge < -0.3 is 10.4 Å². The molecule has 0 aromatic carbocycles. The number of halogens is 1. The van der Waals surface area contributed by atoms with Crippen molar-refractivity contribution in [2.75, 3.05) is 0 Å². The van der Waals surface area contributed by atoms with Gasteiger partial charge in [0.1, 0.15) is 5.54 Å². The van der Waals surface area contributed by atoms with Gasteiger partial charge in [-0.1, -0.05) is 49.0 Å². The predicted octanol–water partition coefficient (Wildman–Crippen LogP) is 2.31. The fraction of sp³-hybridized carbons (Fsp3) is 0.833. The number of nitrogens with one attached hydrogen (secondary N) is 1. The lowest BCUT2D eigenvalue weighted by atomic mass is 9.96. The third-order valence-electron chi connectivity index (χ3n) is 3.62. The van der Waals surface area contributed by atoms with Crippen LogP contribution in [0, 0.1) is 5.92 Å². The molecule has 98 valence electrons. The number of amides is 1. The van der Waals surface area contributed by atoms with Crippen LogP contribution in [0.5, 0.6) is 0 Å². The van der Waals surface area contributed by atoms with Gasteiger partial charge in [0.05, 0.1) is 4.83 Å². The van der Waals surface area contributed by atoms with Gasteiger partial charge in [0.2, 0.25) is 5.91 Å². The number of alkyl halides is 1. The van der Waals surface area contributed by atoms with E-state index in [2.05, 4.69) is 21.2 Å². The second-order valence-electron chi connectivity index (χ2n) is 4.87. The first-order valence-electron chi connectivity index (χ1n) is 6.12. The summed E-state index contributed by atoms with van der Waals surface area (Å²) in [5.41, 5.74) is -1.03. The number of aliphatic carboxylic acids is 1. The highest BCUT2D eigenvalue weighted by Gasteiger charge is 2.43. The van der Waals surface area contributed by atoms with Crippen LogP contribution in [0.15, 0.2) is 0 Å². The first-order chi connectivity index (χ1) is 7.93. The van der Waals surface area contributed by atoms with Crippen LogP contribution in [-0.2, 0) is 9.59 Å². The lowest BCUT2D eigenvalue weighted by molar-refractivity contribution is -0.147. The van der Waals surface area contributed by atoms with Crippen LogP contribution < -0.4 is 5.32 Å². The average molecular weight is 306 g/mol. The van der Waals surface area contributed by atoms with Crippen LogP contribution in [0.2, 0.25) is 0 Å². The second-order valence-corrected chi connectivity index (χ2v) is 5.86. The molecule has 1 amide bonds. The van der Waals surface area contributed by atoms with E-state index in [4.69, 9.17) is 0 Å². The highest BCUT2D eigenvalue weighted by atomic mass is 79.9. The fourth-order valence-electron chi connectivity index (χ4n) is 2.14. The molecule has 2 atom stereocenters. The topological polar surface area (TPSA) is 66.4 Å². The zero-order valence-corrected chi connectivity index (χ0v) is 11.9. The molecule has 1 rings (SSSR count). The number of carbonyl (C=O) groups is 2. The van der Waals surface area contributed by atoms with Crippen molar-refractivity contribution in [2.24, 2.45) is 5.92 Å². The highest BCUT2D eigenvalue weighted by Crippen LogP contribution is 2.30. The maximum atomic E-state index is 12.0. The van der Waals surface area contributed by atoms with Crippen molar-refractivity contribution in [2.45, 2.75) is 56.3 Å². The van der Waals surface area contributed by atoms with Gasteiger partial charge in [-0.15, -0.1) is 0 Å². The standard InChI is InChI=1S/C12H20BrNO3/c1-3-8(2)9(13)10(15)14-12(11(16)17)6-4-5-7-12/h8-9H,3-7H2,1-2H3,(H,14,15)(H,16,17)/t8-,9-/m1/s1. The molecule has 0 saturated heterocycles. The normalized spacial score (nSPS) is 21.8. The van der Waals surface area contributed by atoms with Crippen LogP contribution >= 0.6 is 15.9 Å². The second kappa shape index (κ2) is 5.85. The molecule has 0 bridgehead atoms. The molecule has 4 nitrogen and oxygen atoms in total. The maximum Gasteiger partial charge on any atom is 0.329 e. The van der Waals surface area contributed by atoms with Crippen LogP contribution in [0.3, 0.4) is 0 Å². The van der Waals surface area contributed by atoms with Crippen molar-refractivity contribution in [3.63, 3.8) is 0 Å². The molecule has 1 fully saturated rings. The summed E-state index contributed by atoms with van der Waals surface area (Å²) in [5.74, 6) is -0.918. The van der Waals surface area contributed by atoms with E-state index >= 15 is 0 Å². The summed E-state index contributed by atoms with van der Waals surface area (Å²) in [7, 11) is 0. The van der Waals surface area contributed by atoms with E-state index in [1.165, 1.54) is 0 Å². The number of carboxylic acid groups (broad SMARTS) is 1. The van der Waals surface area contributed by atoms with Crippen molar-refractivity contribution >= 4 is 27.8 Å². The molecule has 0 radical (unpaired) electrons. The molecular formula is C12H20BrNO3. The molecule has 0 aliphatic heterocycles. The molecule has 0 aromatic rings. The first kappa shape index (κ1) is 14.5. The van der Waals surface area contributed by atoms with Gasteiger partial charge >= 0.3 is 5.97 Å². The van der Waals surface area contributed by atoms with Crippen molar-refractivity contribution in [3.05, 3.63) is 0 Å². The highest BCUT2D eigenvalue weighted by molar-refractivity contribution is 9.10. The van der Waals surface area contributed by atoms with E-state index in [9.17, 15) is 14.7 Å². The lowest BCUT2D eigenvalue weighted by Crippen LogP contribution is -2.55. The predicted molar refractivity (Wildman–Crippen MR) is 69.1 cm³/mol. The minimum absolute atomic E-state index is 0.197. The Kier molecular flexibility index (Phi) is 4.98. The molecule has 0 heterocycles. The van der Waals surface area contributed by atoms with Crippen LogP contribution in [0.1, 0.15) is 46.0 Å². The zero-order chi connectivity index (χ0) is 13.1. The van der Waals surface area contributed by atoms with Gasteiger partial charge in [-0.3, -0.25) is 4.79 Å². The smallest absolute Gasteiger partial charge is 0.329 e. The summed E-state index contributed by atoms with van der Waals surface area (Å²) in [5, 5.41) is 12.0. The Morgan fingerprint density at radius 3 is 2.35 bits per heavy atom. The summed E-state index contributed by atoms with van der Waals surface area (Å²) >= 11 is 3.34. The maximum absolute atomic E-state index is 12.0. The van der Waals surface area contributed by atoms with E-state index < -0.39 is 11.5 Å². The summed E-state index contributed by atoms with van der Waals surface area (Å²) in [4.78, 5) is 23.0. The van der Waals surface area contributed by atoms with Gasteiger partial charge in [-0.25, -0.2) is 4.79 Å². The molecule has 0 unspecified atom stereocenters. The summed E-state index contributed by atoms with van der Waals surface area (Å²) in [6.45, 7) is 3.98. The Balaban J connectivity index is 2.68. The zero-order valence-electron chi connectivity index (χ0n) is 10.3. The Labute approximate surface area is 110 Å². The van der Waals surface area contributed by atoms with Crippen LogP contribution in [0.25, 0.3) is 0 Å². The average Bonchev–Trinajstić information content (AvgIpc) is 2.76. The monoisotopic (exact) mass is 305 g/mol. The largest absolute Gasteiger partial charge is 0.480 e. The first-order valence-corrected chi connectivity index (χ1v) is 7.04. The van der Waals surface area contributed by atoms with Crippen molar-refractivity contribution in [1.82, 2.24) is 5.32 Å². The Morgan fingerprint density at radius 1 is 1.41 bits per heavy atom. The molecule has 1 aliphatic rings. The molecule has 0 aromatic heterocycles. The Morgan fingerprint density at radius 2 is 1.94 bits per heavy atom. The third-order valence-corrected chi connectivity index (χ3v) is 4.94. The fourth-order valence-corrected chi connectivity index (χ4v) is 2.63. The number of carbonyl (C=O) groups excluding carboxylic acids is 1. The summed E-state index contributed by atoms with van der Waals surface area (Å²) in [6, 6.07) is 0. The summed E-state index contributed by atoms with van der Waals surface area (Å²) in [6.07, 6.45) is 3.68. The van der Waals surface area contributed by atoms with Gasteiger partial charge in [0.25, 0.3) is 0 Å². The molecule has 1 aliphatic carbocycles. The van der Waals surface area contributed by atoms with E-state index in [1.807, 2.05) is 13.8 Å². The number of carboxylic acids is 1. The molecule has 1 saturated carbocycles. The van der Waals surface area contributed by atoms with E-state index in [1.54, 1.807) is 0 Å². The van der Waals surface area contributed by atoms with Crippen LogP contribution in [0.4, 0.5) is 0 Å². The van der Waals surface area contributed by atoms with Crippen molar-refractivity contribution < 1.29 is 14.7 Å². The molecular weight excluding hydrogens is 286 g/mol. The SMILES string of the molecule is CC[C@@H](C)[C@@H](Br)C(=O)NC1(C(=O)O)CCCC1. The van der Waals surface area contributed by atoms with Crippen molar-refractivity contribution in [3.8, 4) is 0 Å². The van der Waals surface area contributed by atoms with Crippen molar-refractivity contribution in [1.29, 1.82) is 0 Å². The Hall–Kier alpha value is -0.580. The molecule has 17 heavy (non-hydrogen) atoms. The van der Waals surface area contributed by atoms with E-state index in [0.717, 1.165) is 19.3 Å². The third kappa shape index (κ3) is 3.21. The minimum Gasteiger partial charge on any atom is -0.480 e. The molecule has 2 N–H and O–H groups in total. The van der Waals surface area contributed by atoms with Gasteiger partial charge in [0, 0.05) is 0 Å². The van der Waals surface area contributed by atoms with Gasteiger partial charge in [-0.2, -0.15) is 0 Å². The van der Waals surface area contributed by atoms with E-state index in [-0.39, 0.29) is 16.7 Å². The quantitative estimate of drug-likeness (QED) is 0.766. The lowest BCUT2D eigenvalue weighted by Gasteiger charge is -2.28. The number of hydrogen-bond donors (Lipinski definition) is 2. The number of hydrogen-bond acceptors (Lipinski definition) is 2. The van der Waals surface area contributed by atoms with Gasteiger partial charge in [-0.05, 0) is 18.8 Å². The summed E-state index contributed by atoms with van der Waals surface area (Å²) < 4.78 is 0. The minimum atomic E-state index is -1.03. The molecule has 5 heteroatoms. The van der Waals surface area contributed by atoms with Crippen LogP contribution in [-0.4, -0.2) is 27.3 Å². The number of rotatable bonds is 5. The Bertz CT molecular complexity index is 300.